The van der Waals surface area contributed by atoms with Gasteiger partial charge in [0.25, 0.3) is 5.91 Å². The Kier molecular flexibility index (Phi) is 4.63. The van der Waals surface area contributed by atoms with Gasteiger partial charge in [0.05, 0.1) is 5.56 Å². The molecular weight excluding hydrogens is 219 g/mol. The van der Waals surface area contributed by atoms with Gasteiger partial charge in [-0.1, -0.05) is 6.07 Å². The Hall–Kier alpha value is -1.42. The second-order valence-corrected chi connectivity index (χ2v) is 4.51. The number of likely N-dealkylation sites (N-methyl/N-ethyl adjacent to an activating group) is 1. The molecule has 1 unspecified atom stereocenters. The number of carbonyl (C=O) groups excluding carboxylic acids is 1. The number of aryl methyl sites for hydroxylation is 1. The molecule has 1 rings (SSSR count). The van der Waals surface area contributed by atoms with Crippen molar-refractivity contribution in [3.05, 3.63) is 35.1 Å². The van der Waals surface area contributed by atoms with Gasteiger partial charge < -0.3 is 10.2 Å². The number of amides is 1. The first kappa shape index (κ1) is 13.6. The molecule has 0 aliphatic rings. The summed E-state index contributed by atoms with van der Waals surface area (Å²) in [4.78, 5) is 13.7. The highest BCUT2D eigenvalue weighted by Gasteiger charge is 2.12. The summed E-state index contributed by atoms with van der Waals surface area (Å²) in [6.07, 6.45) is 0. The molecule has 1 atom stereocenters. The molecule has 94 valence electrons. The smallest absolute Gasteiger partial charge is 0.254 e. The minimum atomic E-state index is -0.472. The van der Waals surface area contributed by atoms with Gasteiger partial charge in [-0.05, 0) is 45.6 Å². The molecule has 0 heterocycles. The Morgan fingerprint density at radius 2 is 2.12 bits per heavy atom. The van der Waals surface area contributed by atoms with E-state index in [1.807, 2.05) is 25.9 Å². The highest BCUT2D eigenvalue weighted by Crippen LogP contribution is 2.09. The average Bonchev–Trinajstić information content (AvgIpc) is 2.25. The fourth-order valence-corrected chi connectivity index (χ4v) is 1.32. The predicted octanol–water partition coefficient (Wildman–Crippen LogP) is 1.81. The van der Waals surface area contributed by atoms with Crippen LogP contribution in [0.2, 0.25) is 0 Å². The van der Waals surface area contributed by atoms with Crippen LogP contribution in [-0.2, 0) is 0 Å². The highest BCUT2D eigenvalue weighted by molar-refractivity contribution is 5.94. The van der Waals surface area contributed by atoms with Crippen LogP contribution < -0.4 is 5.32 Å². The first-order valence-electron chi connectivity index (χ1n) is 5.62. The molecule has 0 spiro atoms. The summed E-state index contributed by atoms with van der Waals surface area (Å²) in [6, 6.07) is 4.82. The van der Waals surface area contributed by atoms with Crippen LogP contribution in [0.1, 0.15) is 22.8 Å². The minimum Gasteiger partial charge on any atom is -0.350 e. The van der Waals surface area contributed by atoms with Crippen LogP contribution in [0.5, 0.6) is 0 Å². The topological polar surface area (TPSA) is 32.3 Å². The molecule has 1 amide bonds. The first-order chi connectivity index (χ1) is 7.91. The molecule has 0 fully saturated rings. The van der Waals surface area contributed by atoms with Crippen molar-refractivity contribution in [3.63, 3.8) is 0 Å². The molecular formula is C13H19FN2O. The van der Waals surface area contributed by atoms with E-state index in [-0.39, 0.29) is 17.5 Å². The number of nitrogens with one attached hydrogen (secondary N) is 1. The van der Waals surface area contributed by atoms with Gasteiger partial charge in [-0.25, -0.2) is 4.39 Å². The van der Waals surface area contributed by atoms with E-state index in [2.05, 4.69) is 5.32 Å². The highest BCUT2D eigenvalue weighted by atomic mass is 19.1. The van der Waals surface area contributed by atoms with Crippen molar-refractivity contribution in [2.75, 3.05) is 20.6 Å². The standard InChI is InChI=1S/C13H19FN2O/c1-9-5-6-11(12(14)7-9)13(17)15-8-10(2)16(3)4/h5-7,10H,8H2,1-4H3,(H,15,17). The zero-order valence-corrected chi connectivity index (χ0v) is 10.7. The maximum absolute atomic E-state index is 13.5. The molecule has 1 N–H and O–H groups in total. The summed E-state index contributed by atoms with van der Waals surface area (Å²) in [5, 5.41) is 2.72. The summed E-state index contributed by atoms with van der Waals surface area (Å²) >= 11 is 0. The monoisotopic (exact) mass is 238 g/mol. The van der Waals surface area contributed by atoms with Crippen LogP contribution >= 0.6 is 0 Å². The van der Waals surface area contributed by atoms with E-state index in [0.29, 0.717) is 6.54 Å². The summed E-state index contributed by atoms with van der Waals surface area (Å²) < 4.78 is 13.5. The Morgan fingerprint density at radius 1 is 1.47 bits per heavy atom. The van der Waals surface area contributed by atoms with Crippen LogP contribution in [0.15, 0.2) is 18.2 Å². The minimum absolute atomic E-state index is 0.0987. The number of hydrogen-bond acceptors (Lipinski definition) is 2. The van der Waals surface area contributed by atoms with Crippen molar-refractivity contribution in [1.29, 1.82) is 0 Å². The average molecular weight is 238 g/mol. The molecule has 0 radical (unpaired) electrons. The van der Waals surface area contributed by atoms with E-state index >= 15 is 0 Å². The lowest BCUT2D eigenvalue weighted by Crippen LogP contribution is -2.38. The molecule has 1 aromatic rings. The first-order valence-corrected chi connectivity index (χ1v) is 5.62. The lowest BCUT2D eigenvalue weighted by Gasteiger charge is -2.20. The van der Waals surface area contributed by atoms with E-state index in [4.69, 9.17) is 0 Å². The van der Waals surface area contributed by atoms with Gasteiger partial charge in [0.2, 0.25) is 0 Å². The third-order valence-electron chi connectivity index (χ3n) is 2.81. The second-order valence-electron chi connectivity index (χ2n) is 4.51. The second kappa shape index (κ2) is 5.77. The van der Waals surface area contributed by atoms with Gasteiger partial charge in [-0.3, -0.25) is 4.79 Å². The van der Waals surface area contributed by atoms with Crippen LogP contribution in [-0.4, -0.2) is 37.5 Å². The number of carbonyl (C=O) groups is 1. The predicted molar refractivity (Wildman–Crippen MR) is 66.6 cm³/mol. The maximum Gasteiger partial charge on any atom is 0.254 e. The van der Waals surface area contributed by atoms with E-state index in [0.717, 1.165) is 5.56 Å². The van der Waals surface area contributed by atoms with Crippen molar-refractivity contribution in [1.82, 2.24) is 10.2 Å². The van der Waals surface area contributed by atoms with Crippen LogP contribution in [0, 0.1) is 12.7 Å². The Morgan fingerprint density at radius 3 is 2.65 bits per heavy atom. The fourth-order valence-electron chi connectivity index (χ4n) is 1.32. The van der Waals surface area contributed by atoms with E-state index < -0.39 is 5.82 Å². The van der Waals surface area contributed by atoms with Crippen molar-refractivity contribution < 1.29 is 9.18 Å². The number of benzene rings is 1. The Balaban J connectivity index is 2.64. The molecule has 0 aliphatic heterocycles. The number of rotatable bonds is 4. The van der Waals surface area contributed by atoms with Crippen molar-refractivity contribution in [3.8, 4) is 0 Å². The van der Waals surface area contributed by atoms with E-state index in [1.54, 1.807) is 13.0 Å². The van der Waals surface area contributed by atoms with Crippen LogP contribution in [0.3, 0.4) is 0 Å². The third kappa shape index (κ3) is 3.82. The number of nitrogens with zero attached hydrogens (tertiary/aromatic N) is 1. The molecule has 3 nitrogen and oxygen atoms in total. The molecule has 4 heteroatoms. The van der Waals surface area contributed by atoms with Crippen LogP contribution in [0.25, 0.3) is 0 Å². The maximum atomic E-state index is 13.5. The zero-order chi connectivity index (χ0) is 13.0. The van der Waals surface area contributed by atoms with E-state index in [9.17, 15) is 9.18 Å². The van der Waals surface area contributed by atoms with Gasteiger partial charge in [0.15, 0.2) is 0 Å². The summed E-state index contributed by atoms with van der Waals surface area (Å²) in [5.74, 6) is -0.837. The molecule has 0 saturated heterocycles. The van der Waals surface area contributed by atoms with Gasteiger partial charge in [0.1, 0.15) is 5.82 Å². The molecule has 17 heavy (non-hydrogen) atoms. The van der Waals surface area contributed by atoms with Crippen molar-refractivity contribution in [2.45, 2.75) is 19.9 Å². The molecule has 0 aromatic heterocycles. The van der Waals surface area contributed by atoms with Crippen molar-refractivity contribution >= 4 is 5.91 Å². The van der Waals surface area contributed by atoms with Crippen molar-refractivity contribution in [2.24, 2.45) is 0 Å². The quantitative estimate of drug-likeness (QED) is 0.867. The van der Waals surface area contributed by atoms with Gasteiger partial charge in [0, 0.05) is 12.6 Å². The Labute approximate surface area is 102 Å². The zero-order valence-electron chi connectivity index (χ0n) is 10.7. The van der Waals surface area contributed by atoms with Crippen LogP contribution in [0.4, 0.5) is 4.39 Å². The number of hydrogen-bond donors (Lipinski definition) is 1. The molecule has 0 saturated carbocycles. The van der Waals surface area contributed by atoms with Gasteiger partial charge in [-0.2, -0.15) is 0 Å². The SMILES string of the molecule is Cc1ccc(C(=O)NCC(C)N(C)C)c(F)c1. The van der Waals surface area contributed by atoms with E-state index in [1.165, 1.54) is 12.1 Å². The van der Waals surface area contributed by atoms with Gasteiger partial charge in [-0.15, -0.1) is 0 Å². The molecule has 1 aromatic carbocycles. The largest absolute Gasteiger partial charge is 0.350 e. The summed E-state index contributed by atoms with van der Waals surface area (Å²) in [6.45, 7) is 4.28. The lowest BCUT2D eigenvalue weighted by atomic mass is 10.1. The number of halogens is 1. The summed E-state index contributed by atoms with van der Waals surface area (Å²) in [7, 11) is 3.87. The molecule has 0 aliphatic carbocycles. The summed E-state index contributed by atoms with van der Waals surface area (Å²) in [5.41, 5.74) is 0.905. The lowest BCUT2D eigenvalue weighted by molar-refractivity contribution is 0.0939. The Bertz CT molecular complexity index is 404. The van der Waals surface area contributed by atoms with Gasteiger partial charge >= 0.3 is 0 Å². The third-order valence-corrected chi connectivity index (χ3v) is 2.81. The molecule has 0 bridgehead atoms. The fraction of sp³-hybridized carbons (Fsp3) is 0.462. The normalized spacial score (nSPS) is 12.6.